The van der Waals surface area contributed by atoms with Gasteiger partial charge in [-0.15, -0.1) is 0 Å². The molecule has 0 bridgehead atoms. The number of sulfone groups is 2. The molecular weight excluding hydrogens is 520 g/mol. The molecule has 0 unspecified atom stereocenters. The Kier molecular flexibility index (Phi) is 10.2. The first-order chi connectivity index (χ1) is 16.5. The van der Waals surface area contributed by atoms with Crippen molar-refractivity contribution >= 4 is 37.5 Å². The van der Waals surface area contributed by atoms with Crippen LogP contribution < -0.4 is 11.5 Å². The second kappa shape index (κ2) is 12.0. The molecule has 1 amide bonds. The predicted molar refractivity (Wildman–Crippen MR) is 129 cm³/mol. The van der Waals surface area contributed by atoms with E-state index in [1.807, 2.05) is 0 Å². The molecule has 2 rings (SSSR count). The number of carbonyl (C=O) groups is 2. The van der Waals surface area contributed by atoms with E-state index < -0.39 is 58.9 Å². The monoisotopic (exact) mass is 547 g/mol. The van der Waals surface area contributed by atoms with Crippen molar-refractivity contribution in [3.8, 4) is 0 Å². The summed E-state index contributed by atoms with van der Waals surface area (Å²) in [5.41, 5.74) is 11.0. The highest BCUT2D eigenvalue weighted by Gasteiger charge is 2.21. The minimum absolute atomic E-state index is 0.0299. The Balaban J connectivity index is 0.000000362. The fourth-order valence-electron chi connectivity index (χ4n) is 3.02. The van der Waals surface area contributed by atoms with Crippen molar-refractivity contribution < 1.29 is 39.9 Å². The zero-order chi connectivity index (χ0) is 28.0. The lowest BCUT2D eigenvalue weighted by Crippen LogP contribution is -2.24. The van der Waals surface area contributed by atoms with E-state index in [-0.39, 0.29) is 11.1 Å². The number of amides is 1. The summed E-state index contributed by atoms with van der Waals surface area (Å²) in [5, 5.41) is 0. The summed E-state index contributed by atoms with van der Waals surface area (Å²) in [4.78, 5) is 25.5. The third-order valence-electron chi connectivity index (χ3n) is 4.74. The molecule has 0 aliphatic heterocycles. The standard InChI is InChI=1S/C11H14FN3O3S.C11H13FO4S/c1-3-6-4-8(12)9(19(2,17)18)5-7(6)10(16)15-11(13)14;1-4-7-5-9(12)10(17(3,14)15)6-8(7)11(13)16-2/h4-5H,3H2,1-2H3,(H4,13,14,15,16);5-6H,4H2,1-3H3. The van der Waals surface area contributed by atoms with E-state index in [9.17, 15) is 35.2 Å². The van der Waals surface area contributed by atoms with E-state index in [0.717, 1.165) is 36.8 Å². The average Bonchev–Trinajstić information content (AvgIpc) is 2.76. The van der Waals surface area contributed by atoms with Crippen LogP contribution in [0.5, 0.6) is 0 Å². The smallest absolute Gasteiger partial charge is 0.338 e. The molecule has 0 fully saturated rings. The number of nitrogens with two attached hydrogens (primary N) is 2. The Labute approximate surface area is 208 Å². The molecular formula is C22H27F2N3O7S2. The minimum atomic E-state index is -3.78. The fourth-order valence-corrected chi connectivity index (χ4v) is 4.51. The van der Waals surface area contributed by atoms with Crippen LogP contribution in [0.2, 0.25) is 0 Å². The highest BCUT2D eigenvalue weighted by atomic mass is 32.2. The van der Waals surface area contributed by atoms with E-state index >= 15 is 0 Å². The first kappa shape index (κ1) is 30.6. The van der Waals surface area contributed by atoms with Gasteiger partial charge in [0.2, 0.25) is 0 Å². The van der Waals surface area contributed by atoms with Gasteiger partial charge in [-0.05, 0) is 48.2 Å². The van der Waals surface area contributed by atoms with E-state index in [4.69, 9.17) is 11.5 Å². The SMILES string of the molecule is CCc1cc(F)c(S(C)(=O)=O)cc1C(=O)N=C(N)N.CCc1cc(F)c(S(C)(=O)=O)cc1C(=O)OC. The molecule has 0 radical (unpaired) electrons. The molecule has 198 valence electrons. The lowest BCUT2D eigenvalue weighted by molar-refractivity contribution is 0.0599. The number of hydrogen-bond donors (Lipinski definition) is 2. The molecule has 0 aliphatic carbocycles. The molecule has 0 heterocycles. The second-order valence-electron chi connectivity index (χ2n) is 7.46. The van der Waals surface area contributed by atoms with E-state index in [2.05, 4.69) is 9.73 Å². The van der Waals surface area contributed by atoms with Crippen LogP contribution in [-0.4, -0.2) is 54.3 Å². The fraction of sp³-hybridized carbons (Fsp3) is 0.318. The van der Waals surface area contributed by atoms with Crippen molar-refractivity contribution in [2.24, 2.45) is 16.5 Å². The van der Waals surface area contributed by atoms with Crippen molar-refractivity contribution in [1.82, 2.24) is 0 Å². The maximum Gasteiger partial charge on any atom is 0.338 e. The lowest BCUT2D eigenvalue weighted by Gasteiger charge is -2.09. The maximum atomic E-state index is 13.7. The third kappa shape index (κ3) is 7.81. The number of halogens is 2. The van der Waals surface area contributed by atoms with Crippen molar-refractivity contribution in [1.29, 1.82) is 0 Å². The van der Waals surface area contributed by atoms with Crippen molar-refractivity contribution in [3.63, 3.8) is 0 Å². The molecule has 4 N–H and O–H groups in total. The molecule has 2 aromatic rings. The van der Waals surface area contributed by atoms with Crippen LogP contribution in [0, 0.1) is 11.6 Å². The summed E-state index contributed by atoms with van der Waals surface area (Å²) < 4.78 is 77.2. The summed E-state index contributed by atoms with van der Waals surface area (Å²) in [7, 11) is -6.30. The van der Waals surface area contributed by atoms with E-state index in [1.54, 1.807) is 13.8 Å². The molecule has 0 aromatic heterocycles. The van der Waals surface area contributed by atoms with Crippen molar-refractivity contribution in [3.05, 3.63) is 58.2 Å². The number of ether oxygens (including phenoxy) is 1. The molecule has 0 saturated carbocycles. The number of esters is 1. The Morgan fingerprint density at radius 2 is 1.22 bits per heavy atom. The predicted octanol–water partition coefficient (Wildman–Crippen LogP) is 1.78. The van der Waals surface area contributed by atoms with Crippen LogP contribution in [0.25, 0.3) is 0 Å². The highest BCUT2D eigenvalue weighted by molar-refractivity contribution is 7.91. The van der Waals surface area contributed by atoms with Crippen molar-refractivity contribution in [2.45, 2.75) is 36.5 Å². The van der Waals surface area contributed by atoms with Gasteiger partial charge in [-0.2, -0.15) is 4.99 Å². The topological polar surface area (TPSA) is 176 Å². The van der Waals surface area contributed by atoms with Gasteiger partial charge in [-0.25, -0.2) is 30.4 Å². The molecule has 36 heavy (non-hydrogen) atoms. The molecule has 2 aromatic carbocycles. The maximum absolute atomic E-state index is 13.7. The van der Waals surface area contributed by atoms with Crippen LogP contribution in [0.1, 0.15) is 45.7 Å². The molecule has 14 heteroatoms. The number of guanidine groups is 1. The van der Waals surface area contributed by atoms with Gasteiger partial charge in [-0.1, -0.05) is 13.8 Å². The van der Waals surface area contributed by atoms with Crippen LogP contribution in [0.15, 0.2) is 39.0 Å². The Morgan fingerprint density at radius 1 is 0.833 bits per heavy atom. The zero-order valence-corrected chi connectivity index (χ0v) is 21.9. The third-order valence-corrected chi connectivity index (χ3v) is 6.97. The van der Waals surface area contributed by atoms with Crippen LogP contribution in [-0.2, 0) is 37.3 Å². The lowest BCUT2D eigenvalue weighted by atomic mass is 10.0. The van der Waals surface area contributed by atoms with E-state index in [0.29, 0.717) is 24.0 Å². The van der Waals surface area contributed by atoms with E-state index in [1.165, 1.54) is 7.11 Å². The van der Waals surface area contributed by atoms with Gasteiger partial charge in [0.1, 0.15) is 21.4 Å². The second-order valence-corrected chi connectivity index (χ2v) is 11.4. The van der Waals surface area contributed by atoms with Gasteiger partial charge >= 0.3 is 5.97 Å². The van der Waals surface area contributed by atoms with Gasteiger partial charge in [-0.3, -0.25) is 4.79 Å². The van der Waals surface area contributed by atoms with Gasteiger partial charge in [0.15, 0.2) is 25.6 Å². The number of carbonyl (C=O) groups excluding carboxylic acids is 2. The van der Waals surface area contributed by atoms with Gasteiger partial charge < -0.3 is 16.2 Å². The minimum Gasteiger partial charge on any atom is -0.465 e. The number of nitrogens with zero attached hydrogens (tertiary/aromatic N) is 1. The van der Waals surface area contributed by atoms with Crippen LogP contribution >= 0.6 is 0 Å². The number of rotatable bonds is 6. The Morgan fingerprint density at radius 3 is 1.56 bits per heavy atom. The number of benzene rings is 2. The first-order valence-electron chi connectivity index (χ1n) is 10.2. The Hall–Kier alpha value is -3.39. The molecule has 0 aliphatic rings. The number of methoxy groups -OCH3 is 1. The van der Waals surface area contributed by atoms with Crippen LogP contribution in [0.3, 0.4) is 0 Å². The number of aliphatic imine (C=N–C) groups is 1. The highest BCUT2D eigenvalue weighted by Crippen LogP contribution is 2.23. The summed E-state index contributed by atoms with van der Waals surface area (Å²) >= 11 is 0. The van der Waals surface area contributed by atoms with Gasteiger partial charge in [0.25, 0.3) is 5.91 Å². The van der Waals surface area contributed by atoms with Gasteiger partial charge in [0, 0.05) is 18.1 Å². The summed E-state index contributed by atoms with van der Waals surface area (Å²) in [6, 6.07) is 4.04. The molecule has 10 nitrogen and oxygen atoms in total. The molecule has 0 saturated heterocycles. The summed E-state index contributed by atoms with van der Waals surface area (Å²) in [6.45, 7) is 3.43. The first-order valence-corrected chi connectivity index (χ1v) is 14.0. The number of hydrogen-bond acceptors (Lipinski definition) is 7. The molecule has 0 spiro atoms. The summed E-state index contributed by atoms with van der Waals surface area (Å²) in [5.74, 6) is -3.68. The number of aryl methyl sites for hydroxylation is 2. The quantitative estimate of drug-likeness (QED) is 0.310. The van der Waals surface area contributed by atoms with Crippen molar-refractivity contribution in [2.75, 3.05) is 19.6 Å². The zero-order valence-electron chi connectivity index (χ0n) is 20.3. The largest absolute Gasteiger partial charge is 0.465 e. The molecule has 0 atom stereocenters. The van der Waals surface area contributed by atoms with Gasteiger partial charge in [0.05, 0.1) is 12.7 Å². The summed E-state index contributed by atoms with van der Waals surface area (Å²) in [6.07, 6.45) is 2.48. The average molecular weight is 548 g/mol. The normalized spacial score (nSPS) is 11.2. The Bertz CT molecular complexity index is 1420. The van der Waals surface area contributed by atoms with Crippen LogP contribution in [0.4, 0.5) is 8.78 Å².